The highest BCUT2D eigenvalue weighted by Crippen LogP contribution is 2.33. The van der Waals surface area contributed by atoms with Crippen LogP contribution in [-0.4, -0.2) is 50.3 Å². The number of aromatic nitrogens is 4. The Morgan fingerprint density at radius 2 is 1.88 bits per heavy atom. The van der Waals surface area contributed by atoms with Gasteiger partial charge in [-0.2, -0.15) is 5.21 Å². The van der Waals surface area contributed by atoms with Crippen molar-refractivity contribution in [1.82, 2.24) is 25.5 Å². The molecule has 0 saturated carbocycles. The lowest BCUT2D eigenvalue weighted by Crippen LogP contribution is -2.30. The molecule has 0 spiro atoms. The number of H-pyrrole nitrogens is 1. The van der Waals surface area contributed by atoms with E-state index in [1.807, 2.05) is 29.2 Å². The Labute approximate surface area is 144 Å². The molecule has 2 atom stereocenters. The summed E-state index contributed by atoms with van der Waals surface area (Å²) in [5, 5.41) is 13.9. The van der Waals surface area contributed by atoms with Crippen molar-refractivity contribution in [3.05, 3.63) is 36.4 Å². The Morgan fingerprint density at radius 1 is 1.17 bits per heavy atom. The first-order chi connectivity index (χ1) is 11.8. The molecule has 4 rings (SSSR count). The highest BCUT2D eigenvalue weighted by Gasteiger charge is 2.34. The summed E-state index contributed by atoms with van der Waals surface area (Å²) in [5.74, 6) is 2.65. The number of likely N-dealkylation sites (tertiary alicyclic amines) is 1. The number of nitrogens with one attached hydrogen (secondary N) is 1. The Balaban J connectivity index is 1.31. The van der Waals surface area contributed by atoms with Crippen molar-refractivity contribution in [3.63, 3.8) is 0 Å². The zero-order valence-corrected chi connectivity index (χ0v) is 14.1. The SMILES string of the molecule is O=C(CSc1ccc(-c2nn[nH]n2)cc1)N1C[C@H]2CC=CC[C@H]2C1. The van der Waals surface area contributed by atoms with Crippen LogP contribution in [-0.2, 0) is 4.79 Å². The molecule has 7 heteroatoms. The van der Waals surface area contributed by atoms with Crippen LogP contribution in [0, 0.1) is 11.8 Å². The van der Waals surface area contributed by atoms with E-state index in [1.165, 1.54) is 0 Å². The molecule has 0 bridgehead atoms. The van der Waals surface area contributed by atoms with Crippen LogP contribution in [0.3, 0.4) is 0 Å². The third-order valence-corrected chi connectivity index (χ3v) is 5.79. The number of carbonyl (C=O) groups is 1. The topological polar surface area (TPSA) is 74.8 Å². The van der Waals surface area contributed by atoms with Crippen LogP contribution >= 0.6 is 11.8 Å². The minimum Gasteiger partial charge on any atom is -0.341 e. The summed E-state index contributed by atoms with van der Waals surface area (Å²) < 4.78 is 0. The lowest BCUT2D eigenvalue weighted by molar-refractivity contribution is -0.127. The molecule has 1 aliphatic carbocycles. The van der Waals surface area contributed by atoms with Crippen molar-refractivity contribution in [1.29, 1.82) is 0 Å². The lowest BCUT2D eigenvalue weighted by atomic mass is 9.86. The van der Waals surface area contributed by atoms with Gasteiger partial charge in [-0.15, -0.1) is 22.0 Å². The zero-order valence-electron chi connectivity index (χ0n) is 13.3. The number of carbonyl (C=O) groups excluding carboxylic acids is 1. The van der Waals surface area contributed by atoms with Crippen molar-refractivity contribution < 1.29 is 4.79 Å². The second-order valence-electron chi connectivity index (χ2n) is 6.31. The number of allylic oxidation sites excluding steroid dienone is 2. The Bertz CT molecular complexity index is 712. The number of aromatic amines is 1. The minimum atomic E-state index is 0.247. The van der Waals surface area contributed by atoms with E-state index in [9.17, 15) is 4.79 Å². The summed E-state index contributed by atoms with van der Waals surface area (Å²) in [5.41, 5.74) is 0.913. The van der Waals surface area contributed by atoms with Crippen molar-refractivity contribution >= 4 is 17.7 Å². The summed E-state index contributed by atoms with van der Waals surface area (Å²) >= 11 is 1.58. The Morgan fingerprint density at radius 3 is 2.50 bits per heavy atom. The van der Waals surface area contributed by atoms with Gasteiger partial charge in [0, 0.05) is 23.5 Å². The van der Waals surface area contributed by atoms with Crippen LogP contribution in [0.25, 0.3) is 11.4 Å². The van der Waals surface area contributed by atoms with E-state index < -0.39 is 0 Å². The van der Waals surface area contributed by atoms with E-state index in [0.717, 1.165) is 36.4 Å². The zero-order chi connectivity index (χ0) is 16.4. The number of amides is 1. The molecule has 1 fully saturated rings. The van der Waals surface area contributed by atoms with Gasteiger partial charge in [-0.05, 0) is 54.2 Å². The molecule has 1 aromatic heterocycles. The maximum Gasteiger partial charge on any atom is 0.232 e. The molecule has 1 aromatic carbocycles. The van der Waals surface area contributed by atoms with Gasteiger partial charge < -0.3 is 4.90 Å². The van der Waals surface area contributed by atoms with Crippen LogP contribution in [0.2, 0.25) is 0 Å². The molecule has 6 nitrogen and oxygen atoms in total. The van der Waals surface area contributed by atoms with Gasteiger partial charge in [0.25, 0.3) is 0 Å². The van der Waals surface area contributed by atoms with Gasteiger partial charge in [0.15, 0.2) is 0 Å². The van der Waals surface area contributed by atoms with Gasteiger partial charge in [-0.3, -0.25) is 4.79 Å². The first kappa shape index (κ1) is 15.4. The molecule has 24 heavy (non-hydrogen) atoms. The maximum absolute atomic E-state index is 12.5. The van der Waals surface area contributed by atoms with Crippen molar-refractivity contribution in [2.45, 2.75) is 17.7 Å². The monoisotopic (exact) mass is 341 g/mol. The number of rotatable bonds is 4. The molecule has 0 unspecified atom stereocenters. The molecule has 2 aliphatic rings. The average molecular weight is 341 g/mol. The Hall–Kier alpha value is -2.15. The first-order valence-corrected chi connectivity index (χ1v) is 9.17. The number of benzene rings is 1. The lowest BCUT2D eigenvalue weighted by Gasteiger charge is -2.17. The van der Waals surface area contributed by atoms with Crippen LogP contribution in [0.5, 0.6) is 0 Å². The summed E-state index contributed by atoms with van der Waals surface area (Å²) in [4.78, 5) is 15.6. The van der Waals surface area contributed by atoms with Gasteiger partial charge in [0.2, 0.25) is 11.7 Å². The number of hydrogen-bond acceptors (Lipinski definition) is 5. The number of thioether (sulfide) groups is 1. The highest BCUT2D eigenvalue weighted by atomic mass is 32.2. The van der Waals surface area contributed by atoms with Gasteiger partial charge in [-0.1, -0.05) is 12.2 Å². The summed E-state index contributed by atoms with van der Waals surface area (Å²) in [6.07, 6.45) is 6.77. The average Bonchev–Trinajstić information content (AvgIpc) is 3.29. The van der Waals surface area contributed by atoms with Crippen LogP contribution in [0.1, 0.15) is 12.8 Å². The first-order valence-electron chi connectivity index (χ1n) is 8.19. The van der Waals surface area contributed by atoms with E-state index in [4.69, 9.17) is 0 Å². The number of fused-ring (bicyclic) bond motifs is 1. The summed E-state index contributed by atoms with van der Waals surface area (Å²) in [6, 6.07) is 7.90. The van der Waals surface area contributed by atoms with Crippen molar-refractivity contribution in [2.24, 2.45) is 11.8 Å². The highest BCUT2D eigenvalue weighted by molar-refractivity contribution is 8.00. The molecule has 124 valence electrons. The molecule has 0 radical (unpaired) electrons. The minimum absolute atomic E-state index is 0.247. The van der Waals surface area contributed by atoms with E-state index in [1.54, 1.807) is 11.8 Å². The molecule has 1 N–H and O–H groups in total. The predicted molar refractivity (Wildman–Crippen MR) is 92.3 cm³/mol. The van der Waals surface area contributed by atoms with Crippen LogP contribution in [0.15, 0.2) is 41.3 Å². The predicted octanol–water partition coefficient (Wildman–Crippen LogP) is 2.38. The molecule has 1 aliphatic heterocycles. The van der Waals surface area contributed by atoms with E-state index in [-0.39, 0.29) is 5.91 Å². The van der Waals surface area contributed by atoms with Gasteiger partial charge in [0.05, 0.1) is 5.75 Å². The standard InChI is InChI=1S/C17H19N5OS/c23-16(22-9-13-3-1-2-4-14(13)10-22)11-24-15-7-5-12(6-8-15)17-18-20-21-19-17/h1-2,5-8,13-14H,3-4,9-11H2,(H,18,19,20,21)/t13-,14+. The molecular formula is C17H19N5OS. The van der Waals surface area contributed by atoms with E-state index in [2.05, 4.69) is 32.8 Å². The van der Waals surface area contributed by atoms with E-state index in [0.29, 0.717) is 23.4 Å². The van der Waals surface area contributed by atoms with Gasteiger partial charge >= 0.3 is 0 Å². The maximum atomic E-state index is 12.5. The smallest absolute Gasteiger partial charge is 0.232 e. The van der Waals surface area contributed by atoms with E-state index >= 15 is 0 Å². The van der Waals surface area contributed by atoms with Gasteiger partial charge in [0.1, 0.15) is 0 Å². The summed E-state index contributed by atoms with van der Waals surface area (Å²) in [6.45, 7) is 1.84. The molecule has 1 amide bonds. The van der Waals surface area contributed by atoms with Crippen molar-refractivity contribution in [2.75, 3.05) is 18.8 Å². The molecular weight excluding hydrogens is 322 g/mol. The van der Waals surface area contributed by atoms with Gasteiger partial charge in [-0.25, -0.2) is 0 Å². The second kappa shape index (κ2) is 6.76. The number of nitrogens with zero attached hydrogens (tertiary/aromatic N) is 4. The quantitative estimate of drug-likeness (QED) is 0.683. The fraction of sp³-hybridized carbons (Fsp3) is 0.412. The number of tetrazole rings is 1. The largest absolute Gasteiger partial charge is 0.341 e. The molecule has 2 aromatic rings. The fourth-order valence-corrected chi connectivity index (χ4v) is 4.24. The third kappa shape index (κ3) is 3.21. The second-order valence-corrected chi connectivity index (χ2v) is 7.36. The van der Waals surface area contributed by atoms with Crippen LogP contribution < -0.4 is 0 Å². The molecule has 1 saturated heterocycles. The van der Waals surface area contributed by atoms with Crippen molar-refractivity contribution in [3.8, 4) is 11.4 Å². The number of hydrogen-bond donors (Lipinski definition) is 1. The Kier molecular flexibility index (Phi) is 4.34. The third-order valence-electron chi connectivity index (χ3n) is 4.79. The summed E-state index contributed by atoms with van der Waals surface area (Å²) in [7, 11) is 0. The fourth-order valence-electron chi connectivity index (χ4n) is 3.44. The van der Waals surface area contributed by atoms with Crippen LogP contribution in [0.4, 0.5) is 0 Å². The normalized spacial score (nSPS) is 22.6. The molecule has 2 heterocycles.